The molecule has 0 aromatic carbocycles. The van der Waals surface area contributed by atoms with Gasteiger partial charge in [-0.3, -0.25) is 9.89 Å². The lowest BCUT2D eigenvalue weighted by atomic mass is 10.3. The van der Waals surface area contributed by atoms with E-state index >= 15 is 0 Å². The van der Waals surface area contributed by atoms with E-state index in [9.17, 15) is 4.79 Å². The third-order valence-corrected chi connectivity index (χ3v) is 2.03. The molecule has 1 aromatic heterocycles. The Balaban J connectivity index is 1.96. The van der Waals surface area contributed by atoms with Gasteiger partial charge in [0.1, 0.15) is 0 Å². The molecule has 0 aliphatic rings. The predicted molar refractivity (Wildman–Crippen MR) is 59.8 cm³/mol. The number of hydrogen-bond donors (Lipinski definition) is 3. The maximum atomic E-state index is 11.3. The highest BCUT2D eigenvalue weighted by molar-refractivity contribution is 5.75. The van der Waals surface area contributed by atoms with Gasteiger partial charge in [0.05, 0.1) is 6.61 Å². The van der Waals surface area contributed by atoms with Crippen molar-refractivity contribution < 1.29 is 9.53 Å². The number of amides is 1. The Bertz CT molecular complexity index is 287. The Morgan fingerprint density at radius 1 is 1.56 bits per heavy atom. The van der Waals surface area contributed by atoms with Crippen molar-refractivity contribution in [3.05, 3.63) is 18.0 Å². The van der Waals surface area contributed by atoms with Crippen LogP contribution in [0, 0.1) is 0 Å². The zero-order valence-corrected chi connectivity index (χ0v) is 9.45. The highest BCUT2D eigenvalue weighted by Gasteiger charge is 1.99. The van der Waals surface area contributed by atoms with Crippen LogP contribution in [0.1, 0.15) is 12.1 Å². The molecule has 0 unspecified atom stereocenters. The van der Waals surface area contributed by atoms with Gasteiger partial charge in [0.2, 0.25) is 5.91 Å². The lowest BCUT2D eigenvalue weighted by molar-refractivity contribution is -0.121. The average Bonchev–Trinajstić information content (AvgIpc) is 2.78. The first-order chi connectivity index (χ1) is 7.83. The maximum Gasteiger partial charge on any atom is 0.221 e. The van der Waals surface area contributed by atoms with Gasteiger partial charge in [-0.15, -0.1) is 0 Å². The number of ether oxygens (including phenoxy) is 1. The van der Waals surface area contributed by atoms with E-state index in [1.165, 1.54) is 0 Å². The van der Waals surface area contributed by atoms with Gasteiger partial charge in [0, 0.05) is 45.1 Å². The zero-order chi connectivity index (χ0) is 11.6. The molecule has 1 amide bonds. The topological polar surface area (TPSA) is 79.0 Å². The van der Waals surface area contributed by atoms with Crippen LogP contribution < -0.4 is 10.6 Å². The molecule has 0 saturated heterocycles. The molecule has 0 aliphatic carbocycles. The number of nitrogens with zero attached hydrogens (tertiary/aromatic N) is 1. The molecule has 1 aromatic rings. The monoisotopic (exact) mass is 226 g/mol. The third kappa shape index (κ3) is 5.47. The number of carbonyl (C=O) groups is 1. The lowest BCUT2D eigenvalue weighted by Crippen LogP contribution is -2.29. The molecule has 1 heterocycles. The average molecular weight is 226 g/mol. The number of hydrogen-bond acceptors (Lipinski definition) is 4. The molecule has 0 saturated carbocycles. The number of nitrogens with one attached hydrogen (secondary N) is 3. The first-order valence-electron chi connectivity index (χ1n) is 5.27. The standard InChI is InChI=1S/C10H18N4O2/c1-16-7-6-12-10(15)3-4-11-8-9-2-5-13-14-9/h2,5,11H,3-4,6-8H2,1H3,(H,12,15)(H,13,14). The lowest BCUT2D eigenvalue weighted by Gasteiger charge is -2.05. The van der Waals surface area contributed by atoms with E-state index < -0.39 is 0 Å². The van der Waals surface area contributed by atoms with E-state index in [0.29, 0.717) is 32.7 Å². The minimum Gasteiger partial charge on any atom is -0.383 e. The zero-order valence-electron chi connectivity index (χ0n) is 9.45. The van der Waals surface area contributed by atoms with Crippen molar-refractivity contribution >= 4 is 5.91 Å². The molecule has 0 bridgehead atoms. The molecule has 0 aliphatic heterocycles. The summed E-state index contributed by atoms with van der Waals surface area (Å²) in [4.78, 5) is 11.3. The molecule has 6 nitrogen and oxygen atoms in total. The van der Waals surface area contributed by atoms with Crippen LogP contribution in [0.2, 0.25) is 0 Å². The predicted octanol–water partition coefficient (Wildman–Crippen LogP) is -0.348. The fourth-order valence-electron chi connectivity index (χ4n) is 1.19. The Kier molecular flexibility index (Phi) is 6.20. The van der Waals surface area contributed by atoms with Crippen LogP contribution in [0.5, 0.6) is 0 Å². The first-order valence-corrected chi connectivity index (χ1v) is 5.27. The molecule has 0 atom stereocenters. The van der Waals surface area contributed by atoms with Crippen molar-refractivity contribution in [2.24, 2.45) is 0 Å². The van der Waals surface area contributed by atoms with E-state index in [1.54, 1.807) is 13.3 Å². The number of carbonyl (C=O) groups excluding carboxylic acids is 1. The molecule has 16 heavy (non-hydrogen) atoms. The number of aromatic nitrogens is 2. The number of methoxy groups -OCH3 is 1. The maximum absolute atomic E-state index is 11.3. The van der Waals surface area contributed by atoms with Gasteiger partial charge in [-0.2, -0.15) is 5.10 Å². The van der Waals surface area contributed by atoms with Crippen LogP contribution in [0.25, 0.3) is 0 Å². The summed E-state index contributed by atoms with van der Waals surface area (Å²) in [5, 5.41) is 12.6. The van der Waals surface area contributed by atoms with Gasteiger partial charge in [-0.1, -0.05) is 0 Å². The van der Waals surface area contributed by atoms with Crippen molar-refractivity contribution in [2.45, 2.75) is 13.0 Å². The van der Waals surface area contributed by atoms with E-state index in [1.807, 2.05) is 6.07 Å². The van der Waals surface area contributed by atoms with Gasteiger partial charge in [-0.05, 0) is 6.07 Å². The normalized spacial score (nSPS) is 10.3. The van der Waals surface area contributed by atoms with Gasteiger partial charge in [0.15, 0.2) is 0 Å². The van der Waals surface area contributed by atoms with Crippen LogP contribution in [0.4, 0.5) is 0 Å². The molecule has 0 radical (unpaired) electrons. The van der Waals surface area contributed by atoms with Crippen molar-refractivity contribution in [1.82, 2.24) is 20.8 Å². The van der Waals surface area contributed by atoms with E-state index in [0.717, 1.165) is 5.69 Å². The molecule has 3 N–H and O–H groups in total. The molecule has 1 rings (SSSR count). The molecule has 90 valence electrons. The van der Waals surface area contributed by atoms with Crippen LogP contribution >= 0.6 is 0 Å². The molecule has 0 fully saturated rings. The second-order valence-electron chi connectivity index (χ2n) is 3.35. The van der Waals surface area contributed by atoms with Gasteiger partial charge < -0.3 is 15.4 Å². The summed E-state index contributed by atoms with van der Waals surface area (Å²) in [6, 6.07) is 1.89. The van der Waals surface area contributed by atoms with Gasteiger partial charge in [-0.25, -0.2) is 0 Å². The molecule has 0 spiro atoms. The van der Waals surface area contributed by atoms with Crippen molar-refractivity contribution in [3.63, 3.8) is 0 Å². The van der Waals surface area contributed by atoms with E-state index in [2.05, 4.69) is 20.8 Å². The Morgan fingerprint density at radius 3 is 3.12 bits per heavy atom. The minimum absolute atomic E-state index is 0.0363. The summed E-state index contributed by atoms with van der Waals surface area (Å²) < 4.78 is 4.83. The number of rotatable bonds is 8. The Labute approximate surface area is 94.8 Å². The SMILES string of the molecule is COCCNC(=O)CCNCc1ccn[nH]1. The summed E-state index contributed by atoms with van der Waals surface area (Å²) in [6.07, 6.45) is 2.17. The highest BCUT2D eigenvalue weighted by atomic mass is 16.5. The summed E-state index contributed by atoms with van der Waals surface area (Å²) >= 11 is 0. The number of H-pyrrole nitrogens is 1. The summed E-state index contributed by atoms with van der Waals surface area (Å²) in [7, 11) is 1.61. The summed E-state index contributed by atoms with van der Waals surface area (Å²) in [5.41, 5.74) is 1.01. The fourth-order valence-corrected chi connectivity index (χ4v) is 1.19. The van der Waals surface area contributed by atoms with Crippen molar-refractivity contribution in [3.8, 4) is 0 Å². The van der Waals surface area contributed by atoms with E-state index in [4.69, 9.17) is 4.74 Å². The molecular weight excluding hydrogens is 208 g/mol. The van der Waals surface area contributed by atoms with Crippen LogP contribution in [0.3, 0.4) is 0 Å². The van der Waals surface area contributed by atoms with E-state index in [-0.39, 0.29) is 5.91 Å². The minimum atomic E-state index is 0.0363. The largest absolute Gasteiger partial charge is 0.383 e. The first kappa shape index (κ1) is 12.7. The van der Waals surface area contributed by atoms with Crippen molar-refractivity contribution in [2.75, 3.05) is 26.8 Å². The third-order valence-electron chi connectivity index (χ3n) is 2.03. The molecular formula is C10H18N4O2. The number of aromatic amines is 1. The highest BCUT2D eigenvalue weighted by Crippen LogP contribution is 1.89. The van der Waals surface area contributed by atoms with Crippen LogP contribution in [-0.2, 0) is 16.1 Å². The summed E-state index contributed by atoms with van der Waals surface area (Å²) in [6.45, 7) is 2.46. The fraction of sp³-hybridized carbons (Fsp3) is 0.600. The quantitative estimate of drug-likeness (QED) is 0.529. The Morgan fingerprint density at radius 2 is 2.44 bits per heavy atom. The molecule has 6 heteroatoms. The van der Waals surface area contributed by atoms with Gasteiger partial charge in [0.25, 0.3) is 0 Å². The van der Waals surface area contributed by atoms with Crippen molar-refractivity contribution in [1.29, 1.82) is 0 Å². The van der Waals surface area contributed by atoms with Crippen LogP contribution in [0.15, 0.2) is 12.3 Å². The second-order valence-corrected chi connectivity index (χ2v) is 3.35. The summed E-state index contributed by atoms with van der Waals surface area (Å²) in [5.74, 6) is 0.0363. The second kappa shape index (κ2) is 7.84. The van der Waals surface area contributed by atoms with Gasteiger partial charge >= 0.3 is 0 Å². The Hall–Kier alpha value is -1.40. The van der Waals surface area contributed by atoms with Crippen LogP contribution in [-0.4, -0.2) is 42.9 Å². The smallest absolute Gasteiger partial charge is 0.221 e.